The number of rotatable bonds is 11. The van der Waals surface area contributed by atoms with Gasteiger partial charge in [0.15, 0.2) is 0 Å². The van der Waals surface area contributed by atoms with Crippen LogP contribution in [0, 0.1) is 0 Å². The molecule has 0 N–H and O–H groups in total. The zero-order valence-corrected chi connectivity index (χ0v) is 15.2. The maximum atomic E-state index is 11.5. The van der Waals surface area contributed by atoms with Crippen LogP contribution in [0.25, 0.3) is 0 Å². The molecule has 0 aliphatic carbocycles. The first-order valence-electron chi connectivity index (χ1n) is 7.81. The molecule has 128 valence electrons. The summed E-state index contributed by atoms with van der Waals surface area (Å²) >= 11 is 0. The minimum atomic E-state index is -2.89. The van der Waals surface area contributed by atoms with Crippen LogP contribution in [0.1, 0.15) is 26.3 Å². The highest BCUT2D eigenvalue weighted by Gasteiger charge is 2.41. The monoisotopic (exact) mass is 338 g/mol. The summed E-state index contributed by atoms with van der Waals surface area (Å²) < 4.78 is 22.8. The summed E-state index contributed by atoms with van der Waals surface area (Å²) in [5, 5.41) is 0. The number of hydrogen-bond acceptors (Lipinski definition) is 5. The van der Waals surface area contributed by atoms with Gasteiger partial charge in [-0.25, -0.2) is 4.79 Å². The Kier molecular flexibility index (Phi) is 8.79. The normalized spacial score (nSPS) is 11.3. The molecule has 0 atom stereocenters. The van der Waals surface area contributed by atoms with E-state index in [1.165, 1.54) is 0 Å². The fourth-order valence-corrected chi connectivity index (χ4v) is 4.24. The van der Waals surface area contributed by atoms with Gasteiger partial charge < -0.3 is 18.0 Å². The van der Waals surface area contributed by atoms with Crippen molar-refractivity contribution in [2.75, 3.05) is 19.8 Å². The molecule has 6 heteroatoms. The number of ether oxygens (including phenoxy) is 1. The summed E-state index contributed by atoms with van der Waals surface area (Å²) in [7, 11) is -2.89. The molecule has 0 aliphatic rings. The Morgan fingerprint density at radius 1 is 1.09 bits per heavy atom. The molecule has 23 heavy (non-hydrogen) atoms. The molecule has 0 saturated heterocycles. The summed E-state index contributed by atoms with van der Waals surface area (Å²) in [6, 6.07) is 10.3. The van der Waals surface area contributed by atoms with E-state index in [1.807, 2.05) is 44.2 Å². The van der Waals surface area contributed by atoms with E-state index < -0.39 is 14.8 Å². The van der Waals surface area contributed by atoms with Crippen LogP contribution in [0.4, 0.5) is 0 Å². The number of esters is 1. The van der Waals surface area contributed by atoms with Crippen molar-refractivity contribution in [3.63, 3.8) is 0 Å². The van der Waals surface area contributed by atoms with Crippen LogP contribution in [0.5, 0.6) is 0 Å². The number of carbonyl (C=O) groups is 1. The van der Waals surface area contributed by atoms with E-state index in [9.17, 15) is 4.79 Å². The van der Waals surface area contributed by atoms with E-state index in [2.05, 4.69) is 6.58 Å². The molecule has 1 rings (SSSR count). The van der Waals surface area contributed by atoms with Crippen LogP contribution in [0.3, 0.4) is 0 Å². The average molecular weight is 338 g/mol. The lowest BCUT2D eigenvalue weighted by atomic mass is 10.2. The third kappa shape index (κ3) is 7.09. The smallest absolute Gasteiger partial charge is 0.462 e. The molecule has 0 aliphatic heterocycles. The highest BCUT2D eigenvalue weighted by Crippen LogP contribution is 2.19. The average Bonchev–Trinajstić information content (AvgIpc) is 2.54. The molecule has 0 saturated carbocycles. The van der Waals surface area contributed by atoms with Gasteiger partial charge in [-0.3, -0.25) is 0 Å². The van der Waals surface area contributed by atoms with Crippen LogP contribution in [-0.2, 0) is 29.4 Å². The summed E-state index contributed by atoms with van der Waals surface area (Å²) in [6.07, 6.45) is 0. The van der Waals surface area contributed by atoms with E-state index in [-0.39, 0.29) is 6.61 Å². The molecule has 0 spiro atoms. The topological polar surface area (TPSA) is 54.0 Å². The van der Waals surface area contributed by atoms with Crippen molar-refractivity contribution in [2.45, 2.75) is 33.4 Å². The van der Waals surface area contributed by atoms with Gasteiger partial charge >= 0.3 is 14.8 Å². The van der Waals surface area contributed by atoms with Crippen molar-refractivity contribution in [3.8, 4) is 0 Å². The molecule has 0 heterocycles. The maximum absolute atomic E-state index is 11.5. The second kappa shape index (κ2) is 10.3. The second-order valence-corrected chi connectivity index (χ2v) is 7.72. The number of benzene rings is 1. The second-order valence-electron chi connectivity index (χ2n) is 4.99. The quantitative estimate of drug-likeness (QED) is 0.352. The maximum Gasteiger partial charge on any atom is 0.504 e. The standard InChI is InChI=1S/C17H26O5Si/c1-5-20-23(21-6-2,13-12-19-17(18)15(3)4)22-14-16-10-8-7-9-11-16/h7-11H,3,5-6,12-14H2,1-2,4H3. The Labute approximate surface area is 139 Å². The third-order valence-corrected chi connectivity index (χ3v) is 5.88. The van der Waals surface area contributed by atoms with E-state index >= 15 is 0 Å². The van der Waals surface area contributed by atoms with Crippen molar-refractivity contribution in [2.24, 2.45) is 0 Å². The molecule has 0 amide bonds. The first-order valence-corrected chi connectivity index (χ1v) is 9.74. The fourth-order valence-electron chi connectivity index (χ4n) is 1.94. The van der Waals surface area contributed by atoms with Crippen LogP contribution < -0.4 is 0 Å². The Morgan fingerprint density at radius 2 is 1.70 bits per heavy atom. The van der Waals surface area contributed by atoms with Crippen molar-refractivity contribution < 1.29 is 22.8 Å². The fraction of sp³-hybridized carbons (Fsp3) is 0.471. The molecular formula is C17H26O5Si. The Bertz CT molecular complexity index is 483. The molecular weight excluding hydrogens is 312 g/mol. The van der Waals surface area contributed by atoms with Gasteiger partial charge in [0, 0.05) is 18.8 Å². The molecule has 0 radical (unpaired) electrons. The lowest BCUT2D eigenvalue weighted by molar-refractivity contribution is -0.138. The van der Waals surface area contributed by atoms with Gasteiger partial charge in [0.05, 0.1) is 19.3 Å². The highest BCUT2D eigenvalue weighted by molar-refractivity contribution is 6.60. The van der Waals surface area contributed by atoms with Gasteiger partial charge in [-0.15, -0.1) is 0 Å². The largest absolute Gasteiger partial charge is 0.504 e. The van der Waals surface area contributed by atoms with Gasteiger partial charge in [0.25, 0.3) is 0 Å². The number of hydrogen-bond donors (Lipinski definition) is 0. The minimum Gasteiger partial charge on any atom is -0.462 e. The Hall–Kier alpha value is -1.47. The van der Waals surface area contributed by atoms with Crippen molar-refractivity contribution in [3.05, 3.63) is 48.0 Å². The predicted octanol–water partition coefficient (Wildman–Crippen LogP) is 3.33. The van der Waals surface area contributed by atoms with E-state index in [0.29, 0.717) is 31.4 Å². The first kappa shape index (κ1) is 19.6. The molecule has 0 fully saturated rings. The van der Waals surface area contributed by atoms with Crippen LogP contribution in [0.15, 0.2) is 42.5 Å². The minimum absolute atomic E-state index is 0.187. The molecule has 0 bridgehead atoms. The Balaban J connectivity index is 2.67. The molecule has 5 nitrogen and oxygen atoms in total. The van der Waals surface area contributed by atoms with Crippen LogP contribution in [-0.4, -0.2) is 34.6 Å². The van der Waals surface area contributed by atoms with Gasteiger partial charge in [0.2, 0.25) is 0 Å². The molecule has 0 aromatic heterocycles. The zero-order valence-electron chi connectivity index (χ0n) is 14.2. The van der Waals surface area contributed by atoms with E-state index in [4.69, 9.17) is 18.0 Å². The van der Waals surface area contributed by atoms with Crippen molar-refractivity contribution in [1.82, 2.24) is 0 Å². The van der Waals surface area contributed by atoms with Crippen LogP contribution in [0.2, 0.25) is 6.04 Å². The first-order chi connectivity index (χ1) is 11.0. The summed E-state index contributed by atoms with van der Waals surface area (Å²) in [5.41, 5.74) is 1.41. The SMILES string of the molecule is C=C(C)C(=O)OCC[Si](OCC)(OCC)OCc1ccccc1. The van der Waals surface area contributed by atoms with Gasteiger partial charge in [-0.05, 0) is 26.3 Å². The zero-order chi connectivity index (χ0) is 17.1. The van der Waals surface area contributed by atoms with Crippen LogP contribution >= 0.6 is 0 Å². The van der Waals surface area contributed by atoms with Crippen molar-refractivity contribution >= 4 is 14.8 Å². The summed E-state index contributed by atoms with van der Waals surface area (Å²) in [5.74, 6) is -0.413. The van der Waals surface area contributed by atoms with Gasteiger partial charge in [-0.1, -0.05) is 36.9 Å². The van der Waals surface area contributed by atoms with Gasteiger partial charge in [0.1, 0.15) is 0 Å². The third-order valence-electron chi connectivity index (χ3n) is 3.02. The predicted molar refractivity (Wildman–Crippen MR) is 90.8 cm³/mol. The number of carbonyl (C=O) groups excluding carboxylic acids is 1. The molecule has 1 aromatic rings. The summed E-state index contributed by atoms with van der Waals surface area (Å²) in [6.45, 7) is 10.5. The van der Waals surface area contributed by atoms with Crippen molar-refractivity contribution in [1.29, 1.82) is 0 Å². The highest BCUT2D eigenvalue weighted by atomic mass is 28.4. The Morgan fingerprint density at radius 3 is 2.22 bits per heavy atom. The lowest BCUT2D eigenvalue weighted by Gasteiger charge is -2.28. The summed E-state index contributed by atoms with van der Waals surface area (Å²) in [4.78, 5) is 11.5. The van der Waals surface area contributed by atoms with E-state index in [1.54, 1.807) is 6.92 Å². The molecule has 0 unspecified atom stereocenters. The van der Waals surface area contributed by atoms with E-state index in [0.717, 1.165) is 5.56 Å². The lowest BCUT2D eigenvalue weighted by Crippen LogP contribution is -2.46. The van der Waals surface area contributed by atoms with Gasteiger partial charge in [-0.2, -0.15) is 0 Å². The molecule has 1 aromatic carbocycles.